The maximum Gasteiger partial charge on any atom is 0.240 e. The third-order valence-electron chi connectivity index (χ3n) is 5.59. The summed E-state index contributed by atoms with van der Waals surface area (Å²) in [7, 11) is -1.70. The summed E-state index contributed by atoms with van der Waals surface area (Å²) in [5, 5.41) is 3.81. The second-order valence-corrected chi connectivity index (χ2v) is 11.0. The summed E-state index contributed by atoms with van der Waals surface area (Å²) in [6.45, 7) is 4.76. The molecule has 1 aliphatic rings. The summed E-state index contributed by atoms with van der Waals surface area (Å²) in [6, 6.07) is 10.6. The molecule has 0 bridgehead atoms. The molecule has 2 aromatic carbocycles. The molecule has 0 saturated carbocycles. The molecule has 0 aliphatic carbocycles. The van der Waals surface area contributed by atoms with Crippen LogP contribution in [0, 0.1) is 0 Å². The van der Waals surface area contributed by atoms with Crippen LogP contribution in [0.3, 0.4) is 0 Å². The third-order valence-corrected chi connectivity index (χ3v) is 7.61. The molecule has 2 aromatic rings. The topological polar surface area (TPSA) is 97.0 Å². The van der Waals surface area contributed by atoms with E-state index in [0.717, 1.165) is 23.2 Å². The Bertz CT molecular complexity index is 1130. The number of carbonyl (C=O) groups excluding carboxylic acids is 1. The Kier molecular flexibility index (Phi) is 10.4. The molecule has 3 rings (SSSR count). The molecule has 1 heterocycles. The predicted molar refractivity (Wildman–Crippen MR) is 137 cm³/mol. The average Bonchev–Trinajstić information content (AvgIpc) is 2.80. The summed E-state index contributed by atoms with van der Waals surface area (Å²) >= 11 is 12.7. The molecule has 0 spiro atoms. The van der Waals surface area contributed by atoms with Crippen molar-refractivity contribution in [1.82, 2.24) is 14.9 Å². The number of rotatable bonds is 12. The molecule has 11 heteroatoms. The van der Waals surface area contributed by atoms with Crippen molar-refractivity contribution >= 4 is 39.1 Å². The van der Waals surface area contributed by atoms with Gasteiger partial charge in [-0.1, -0.05) is 35.3 Å². The first-order valence-electron chi connectivity index (χ1n) is 11.3. The number of sulfonamides is 1. The van der Waals surface area contributed by atoms with Crippen molar-refractivity contribution in [3.63, 3.8) is 0 Å². The standard InChI is InChI=1S/C24H31Cl2N3O5S/c1-17(30)27-6-8-33-10-11-34-9-7-28-35(31,32)20-5-3-4-18(12-20)22-15-29(2)16-23-21(22)13-19(25)14-24(23)26/h3-5,12-14,22,28H,6-11,15-16H2,1-2H3,(H,27,30). The lowest BCUT2D eigenvalue weighted by Crippen LogP contribution is -2.31. The highest BCUT2D eigenvalue weighted by Gasteiger charge is 2.28. The van der Waals surface area contributed by atoms with E-state index < -0.39 is 10.0 Å². The number of likely N-dealkylation sites (N-methyl/N-ethyl adjacent to an activating group) is 1. The van der Waals surface area contributed by atoms with Crippen LogP contribution >= 0.6 is 23.2 Å². The maximum absolute atomic E-state index is 12.9. The first kappa shape index (κ1) is 27.9. The van der Waals surface area contributed by atoms with Crippen LogP contribution in [0.2, 0.25) is 10.0 Å². The minimum Gasteiger partial charge on any atom is -0.378 e. The zero-order valence-electron chi connectivity index (χ0n) is 19.9. The Morgan fingerprint density at radius 3 is 2.51 bits per heavy atom. The molecule has 1 unspecified atom stereocenters. The van der Waals surface area contributed by atoms with E-state index in [2.05, 4.69) is 14.9 Å². The van der Waals surface area contributed by atoms with Gasteiger partial charge in [-0.2, -0.15) is 0 Å². The van der Waals surface area contributed by atoms with Crippen molar-refractivity contribution in [2.45, 2.75) is 24.3 Å². The molecule has 0 fully saturated rings. The number of nitrogens with zero attached hydrogens (tertiary/aromatic N) is 1. The van der Waals surface area contributed by atoms with Gasteiger partial charge in [0.05, 0.1) is 31.3 Å². The molecule has 2 N–H and O–H groups in total. The smallest absolute Gasteiger partial charge is 0.240 e. The van der Waals surface area contributed by atoms with E-state index in [9.17, 15) is 13.2 Å². The monoisotopic (exact) mass is 543 g/mol. The number of ether oxygens (including phenoxy) is 2. The Labute approximate surface area is 216 Å². The van der Waals surface area contributed by atoms with E-state index in [1.807, 2.05) is 19.2 Å². The Morgan fingerprint density at radius 1 is 1.09 bits per heavy atom. The van der Waals surface area contributed by atoms with Crippen molar-refractivity contribution in [3.8, 4) is 0 Å². The normalized spacial score (nSPS) is 16.2. The molecule has 1 amide bonds. The Morgan fingerprint density at radius 2 is 1.80 bits per heavy atom. The molecule has 35 heavy (non-hydrogen) atoms. The fourth-order valence-electron chi connectivity index (χ4n) is 3.98. The quantitative estimate of drug-likeness (QED) is 0.399. The lowest BCUT2D eigenvalue weighted by molar-refractivity contribution is -0.119. The molecular weight excluding hydrogens is 513 g/mol. The number of halogens is 2. The van der Waals surface area contributed by atoms with E-state index in [0.29, 0.717) is 43.0 Å². The largest absolute Gasteiger partial charge is 0.378 e. The van der Waals surface area contributed by atoms with Crippen molar-refractivity contribution < 1.29 is 22.7 Å². The maximum atomic E-state index is 12.9. The van der Waals surface area contributed by atoms with Crippen molar-refractivity contribution in [2.24, 2.45) is 0 Å². The zero-order valence-corrected chi connectivity index (χ0v) is 22.2. The van der Waals surface area contributed by atoms with Crippen LogP contribution in [0.5, 0.6) is 0 Å². The van der Waals surface area contributed by atoms with Gasteiger partial charge >= 0.3 is 0 Å². The van der Waals surface area contributed by atoms with Gasteiger partial charge in [0.2, 0.25) is 15.9 Å². The highest BCUT2D eigenvalue weighted by atomic mass is 35.5. The lowest BCUT2D eigenvalue weighted by Gasteiger charge is -2.33. The van der Waals surface area contributed by atoms with Gasteiger partial charge in [-0.25, -0.2) is 13.1 Å². The summed E-state index contributed by atoms with van der Waals surface area (Å²) in [6.07, 6.45) is 0. The molecule has 0 aromatic heterocycles. The lowest BCUT2D eigenvalue weighted by atomic mass is 9.85. The van der Waals surface area contributed by atoms with Gasteiger partial charge in [-0.05, 0) is 48.0 Å². The SMILES string of the molecule is CC(=O)NCCOCCOCCNS(=O)(=O)c1cccc(C2CN(C)Cc3c(Cl)cc(Cl)cc32)c1. The van der Waals surface area contributed by atoms with Crippen LogP contribution in [0.1, 0.15) is 29.5 Å². The van der Waals surface area contributed by atoms with Gasteiger partial charge in [0.15, 0.2) is 0 Å². The number of fused-ring (bicyclic) bond motifs is 1. The summed E-state index contributed by atoms with van der Waals surface area (Å²) in [5.41, 5.74) is 2.92. The molecule has 1 atom stereocenters. The van der Waals surface area contributed by atoms with Crippen molar-refractivity contribution in [3.05, 3.63) is 63.1 Å². The van der Waals surface area contributed by atoms with Crippen LogP contribution in [-0.4, -0.2) is 72.3 Å². The van der Waals surface area contributed by atoms with Gasteiger partial charge in [0.1, 0.15) is 0 Å². The second-order valence-electron chi connectivity index (χ2n) is 8.38. The third kappa shape index (κ3) is 8.15. The first-order chi connectivity index (χ1) is 16.7. The molecule has 1 aliphatic heterocycles. The van der Waals surface area contributed by atoms with E-state index in [4.69, 9.17) is 32.7 Å². The highest BCUT2D eigenvalue weighted by Crippen LogP contribution is 2.38. The number of carbonyl (C=O) groups is 1. The molecular formula is C24H31Cl2N3O5S. The van der Waals surface area contributed by atoms with E-state index in [-0.39, 0.29) is 29.9 Å². The van der Waals surface area contributed by atoms with Crippen molar-refractivity contribution in [2.75, 3.05) is 53.1 Å². The number of hydrogen-bond acceptors (Lipinski definition) is 6. The van der Waals surface area contributed by atoms with Crippen LogP contribution in [0.15, 0.2) is 41.3 Å². The summed E-state index contributed by atoms with van der Waals surface area (Å²) in [5.74, 6) is -0.156. The van der Waals surface area contributed by atoms with Gasteiger partial charge in [0.25, 0.3) is 0 Å². The fraction of sp³-hybridized carbons (Fsp3) is 0.458. The highest BCUT2D eigenvalue weighted by molar-refractivity contribution is 7.89. The van der Waals surface area contributed by atoms with Gasteiger partial charge < -0.3 is 19.7 Å². The molecule has 192 valence electrons. The number of benzene rings is 2. The zero-order chi connectivity index (χ0) is 25.4. The van der Waals surface area contributed by atoms with Crippen molar-refractivity contribution in [1.29, 1.82) is 0 Å². The first-order valence-corrected chi connectivity index (χ1v) is 13.6. The molecule has 0 radical (unpaired) electrons. The Hall–Kier alpha value is -1.72. The predicted octanol–water partition coefficient (Wildman–Crippen LogP) is 3.02. The van der Waals surface area contributed by atoms with Gasteiger partial charge in [0, 0.05) is 49.1 Å². The summed E-state index contributed by atoms with van der Waals surface area (Å²) in [4.78, 5) is 13.1. The number of nitrogens with one attached hydrogen (secondary N) is 2. The Balaban J connectivity index is 1.56. The fourth-order valence-corrected chi connectivity index (χ4v) is 5.62. The van der Waals surface area contributed by atoms with Crippen LogP contribution in [-0.2, 0) is 30.8 Å². The van der Waals surface area contributed by atoms with Gasteiger partial charge in [-0.3, -0.25) is 4.79 Å². The minimum atomic E-state index is -3.71. The number of amides is 1. The van der Waals surface area contributed by atoms with Crippen LogP contribution in [0.25, 0.3) is 0 Å². The van der Waals surface area contributed by atoms with Gasteiger partial charge in [-0.15, -0.1) is 0 Å². The van der Waals surface area contributed by atoms with E-state index in [1.165, 1.54) is 6.92 Å². The molecule has 8 nitrogen and oxygen atoms in total. The summed E-state index contributed by atoms with van der Waals surface area (Å²) < 4.78 is 39.1. The van der Waals surface area contributed by atoms with E-state index in [1.54, 1.807) is 24.3 Å². The molecule has 0 saturated heterocycles. The van der Waals surface area contributed by atoms with Crippen LogP contribution in [0.4, 0.5) is 0 Å². The average molecular weight is 545 g/mol. The van der Waals surface area contributed by atoms with Crippen LogP contribution < -0.4 is 10.0 Å². The second kappa shape index (κ2) is 13.0. The number of hydrogen-bond donors (Lipinski definition) is 2. The van der Waals surface area contributed by atoms with E-state index >= 15 is 0 Å². The minimum absolute atomic E-state index is 0.0518.